The highest BCUT2D eigenvalue weighted by molar-refractivity contribution is 7.80. The number of hydrogen-bond donors (Lipinski definition) is 2. The molecule has 0 aliphatic carbocycles. The van der Waals surface area contributed by atoms with E-state index in [4.69, 9.17) is 28.6 Å². The van der Waals surface area contributed by atoms with Gasteiger partial charge >= 0.3 is 0 Å². The fourth-order valence-corrected chi connectivity index (χ4v) is 2.42. The van der Waals surface area contributed by atoms with Gasteiger partial charge in [0.15, 0.2) is 5.11 Å². The molecule has 2 aromatic rings. The second-order valence-electron chi connectivity index (χ2n) is 4.95. The molecule has 116 valence electrons. The second kappa shape index (κ2) is 6.81. The van der Waals surface area contributed by atoms with Crippen molar-refractivity contribution in [3.63, 3.8) is 0 Å². The number of hydrogen-bond acceptors (Lipinski definition) is 3. The molecule has 1 aliphatic heterocycles. The molecule has 2 aromatic carbocycles. The number of rotatable bonds is 4. The highest BCUT2D eigenvalue weighted by Crippen LogP contribution is 2.18. The molecule has 6 heteroatoms. The number of thiocarbonyl (C=S) groups is 1. The second-order valence-corrected chi connectivity index (χ2v) is 5.80. The van der Waals surface area contributed by atoms with Gasteiger partial charge < -0.3 is 10.1 Å². The van der Waals surface area contributed by atoms with E-state index in [2.05, 4.69) is 10.6 Å². The number of ether oxygens (including phenoxy) is 1. The van der Waals surface area contributed by atoms with E-state index in [0.29, 0.717) is 22.4 Å². The minimum atomic E-state index is -0.234. The molecule has 23 heavy (non-hydrogen) atoms. The molecule has 4 nitrogen and oxygen atoms in total. The topological polar surface area (TPSA) is 50.4 Å². The fourth-order valence-electron chi connectivity index (χ4n) is 2.09. The molecule has 0 atom stereocenters. The molecule has 1 aliphatic rings. The minimum Gasteiger partial charge on any atom is -0.489 e. The summed E-state index contributed by atoms with van der Waals surface area (Å²) in [6.07, 6.45) is 1.73. The molecule has 1 heterocycles. The predicted octanol–water partition coefficient (Wildman–Crippen LogP) is 3.26. The number of halogens is 1. The summed E-state index contributed by atoms with van der Waals surface area (Å²) >= 11 is 10.8. The van der Waals surface area contributed by atoms with E-state index in [-0.39, 0.29) is 5.91 Å². The molecular weight excluding hydrogens is 332 g/mol. The van der Waals surface area contributed by atoms with Crippen molar-refractivity contribution in [1.82, 2.24) is 10.6 Å². The van der Waals surface area contributed by atoms with Gasteiger partial charge in [-0.15, -0.1) is 0 Å². The van der Waals surface area contributed by atoms with Crippen molar-refractivity contribution in [2.75, 3.05) is 0 Å². The van der Waals surface area contributed by atoms with Crippen molar-refractivity contribution >= 4 is 40.9 Å². The first-order chi connectivity index (χ1) is 11.1. The Bertz CT molecular complexity index is 787. The van der Waals surface area contributed by atoms with Crippen LogP contribution in [0, 0.1) is 0 Å². The lowest BCUT2D eigenvalue weighted by molar-refractivity contribution is -0.115. The van der Waals surface area contributed by atoms with Crippen molar-refractivity contribution in [3.8, 4) is 5.75 Å². The summed E-state index contributed by atoms with van der Waals surface area (Å²) in [6.45, 7) is 0.444. The third-order valence-electron chi connectivity index (χ3n) is 3.21. The maximum absolute atomic E-state index is 11.6. The monoisotopic (exact) mass is 344 g/mol. The molecule has 2 N–H and O–H groups in total. The molecule has 0 radical (unpaired) electrons. The fraction of sp³-hybridized carbons (Fsp3) is 0.0588. The molecular formula is C17H13ClN2O2S. The Balaban J connectivity index is 1.70. The van der Waals surface area contributed by atoms with Gasteiger partial charge in [0, 0.05) is 5.02 Å². The van der Waals surface area contributed by atoms with Crippen molar-refractivity contribution in [2.45, 2.75) is 6.61 Å². The molecule has 0 saturated carbocycles. The van der Waals surface area contributed by atoms with E-state index in [1.54, 1.807) is 6.08 Å². The normalized spacial score (nSPS) is 15.4. The van der Waals surface area contributed by atoms with Crippen LogP contribution in [0.5, 0.6) is 5.75 Å². The molecule has 0 unspecified atom stereocenters. The number of amides is 1. The molecule has 0 spiro atoms. The van der Waals surface area contributed by atoms with Crippen LogP contribution in [0.3, 0.4) is 0 Å². The average Bonchev–Trinajstić information content (AvgIpc) is 2.85. The lowest BCUT2D eigenvalue weighted by Crippen LogP contribution is -2.21. The van der Waals surface area contributed by atoms with Crippen LogP contribution >= 0.6 is 23.8 Å². The number of carbonyl (C=O) groups excluding carboxylic acids is 1. The van der Waals surface area contributed by atoms with E-state index in [1.165, 1.54) is 0 Å². The minimum absolute atomic E-state index is 0.234. The van der Waals surface area contributed by atoms with Gasteiger partial charge in [-0.1, -0.05) is 35.9 Å². The molecule has 0 bridgehead atoms. The molecule has 3 rings (SSSR count). The third-order valence-corrected chi connectivity index (χ3v) is 3.66. The van der Waals surface area contributed by atoms with Crippen LogP contribution < -0.4 is 15.4 Å². The first kappa shape index (κ1) is 15.5. The molecule has 1 fully saturated rings. The summed E-state index contributed by atoms with van der Waals surface area (Å²) in [4.78, 5) is 11.6. The first-order valence-corrected chi connectivity index (χ1v) is 7.70. The Morgan fingerprint density at radius 3 is 2.61 bits per heavy atom. The van der Waals surface area contributed by atoms with E-state index >= 15 is 0 Å². The summed E-state index contributed by atoms with van der Waals surface area (Å²) in [5.41, 5.74) is 2.30. The summed E-state index contributed by atoms with van der Waals surface area (Å²) in [7, 11) is 0. The standard InChI is InChI=1S/C17H13ClN2O2S/c18-13-6-4-11(5-7-13)10-22-14-3-1-2-12(8-14)9-15-16(21)20-17(23)19-15/h1-9H,10H2,(H2,19,20,21,23)/b15-9-. The molecule has 1 amide bonds. The Kier molecular flexibility index (Phi) is 4.60. The van der Waals surface area contributed by atoms with Gasteiger partial charge in [0.1, 0.15) is 18.1 Å². The lowest BCUT2D eigenvalue weighted by atomic mass is 10.2. The van der Waals surface area contributed by atoms with Crippen molar-refractivity contribution in [3.05, 3.63) is 70.4 Å². The van der Waals surface area contributed by atoms with Crippen LogP contribution in [-0.4, -0.2) is 11.0 Å². The smallest absolute Gasteiger partial charge is 0.273 e. The third kappa shape index (κ3) is 4.09. The average molecular weight is 345 g/mol. The van der Waals surface area contributed by atoms with Crippen molar-refractivity contribution in [1.29, 1.82) is 0 Å². The van der Waals surface area contributed by atoms with Gasteiger partial charge in [0.25, 0.3) is 5.91 Å². The van der Waals surface area contributed by atoms with Crippen LogP contribution in [0.4, 0.5) is 0 Å². The highest BCUT2D eigenvalue weighted by Gasteiger charge is 2.19. The van der Waals surface area contributed by atoms with Gasteiger partial charge in [0.05, 0.1) is 0 Å². The van der Waals surface area contributed by atoms with Gasteiger partial charge in [-0.25, -0.2) is 0 Å². The summed E-state index contributed by atoms with van der Waals surface area (Å²) in [5.74, 6) is 0.484. The Labute approximate surface area is 144 Å². The summed E-state index contributed by atoms with van der Waals surface area (Å²) in [6, 6.07) is 15.0. The largest absolute Gasteiger partial charge is 0.489 e. The number of benzene rings is 2. The number of nitrogens with one attached hydrogen (secondary N) is 2. The highest BCUT2D eigenvalue weighted by atomic mass is 35.5. The van der Waals surface area contributed by atoms with Gasteiger partial charge in [0.2, 0.25) is 0 Å². The SMILES string of the molecule is O=C1NC(=S)N/C1=C\c1cccc(OCc2ccc(Cl)cc2)c1. The van der Waals surface area contributed by atoms with Crippen LogP contribution in [-0.2, 0) is 11.4 Å². The summed E-state index contributed by atoms with van der Waals surface area (Å²) < 4.78 is 5.77. The molecule has 1 saturated heterocycles. The van der Waals surface area contributed by atoms with Gasteiger partial charge in [-0.3, -0.25) is 10.1 Å². The van der Waals surface area contributed by atoms with Crippen LogP contribution in [0.2, 0.25) is 5.02 Å². The Hall–Kier alpha value is -2.37. The zero-order valence-corrected chi connectivity index (χ0v) is 13.6. The number of carbonyl (C=O) groups is 1. The maximum Gasteiger partial charge on any atom is 0.273 e. The van der Waals surface area contributed by atoms with Crippen LogP contribution in [0.25, 0.3) is 6.08 Å². The quantitative estimate of drug-likeness (QED) is 0.660. The first-order valence-electron chi connectivity index (χ1n) is 6.91. The zero-order valence-electron chi connectivity index (χ0n) is 12.0. The van der Waals surface area contributed by atoms with E-state index < -0.39 is 0 Å². The Morgan fingerprint density at radius 1 is 1.13 bits per heavy atom. The zero-order chi connectivity index (χ0) is 16.2. The van der Waals surface area contributed by atoms with Crippen LogP contribution in [0.15, 0.2) is 54.2 Å². The maximum atomic E-state index is 11.6. The Morgan fingerprint density at radius 2 is 1.91 bits per heavy atom. The van der Waals surface area contributed by atoms with Crippen molar-refractivity contribution in [2.24, 2.45) is 0 Å². The molecule has 0 aromatic heterocycles. The van der Waals surface area contributed by atoms with Gasteiger partial charge in [-0.05, 0) is 53.7 Å². The van der Waals surface area contributed by atoms with E-state index in [1.807, 2.05) is 48.5 Å². The van der Waals surface area contributed by atoms with Crippen LogP contribution in [0.1, 0.15) is 11.1 Å². The lowest BCUT2D eigenvalue weighted by Gasteiger charge is -2.07. The predicted molar refractivity (Wildman–Crippen MR) is 94.1 cm³/mol. The van der Waals surface area contributed by atoms with Gasteiger partial charge in [-0.2, -0.15) is 0 Å². The summed E-state index contributed by atoms with van der Waals surface area (Å²) in [5, 5.41) is 6.35. The van der Waals surface area contributed by atoms with E-state index in [0.717, 1.165) is 16.9 Å². The van der Waals surface area contributed by atoms with E-state index in [9.17, 15) is 4.79 Å². The van der Waals surface area contributed by atoms with Crippen molar-refractivity contribution < 1.29 is 9.53 Å².